The largest absolute Gasteiger partial charge is 0.480 e. The molecule has 1 aliphatic heterocycles. The van der Waals surface area contributed by atoms with Crippen LogP contribution in [0.25, 0.3) is 0 Å². The van der Waals surface area contributed by atoms with Gasteiger partial charge in [-0.15, -0.1) is 0 Å². The molecule has 1 fully saturated rings. The van der Waals surface area contributed by atoms with E-state index >= 15 is 0 Å². The van der Waals surface area contributed by atoms with Gasteiger partial charge in [-0.1, -0.05) is 29.8 Å². The summed E-state index contributed by atoms with van der Waals surface area (Å²) in [5.74, 6) is -1.05. The van der Waals surface area contributed by atoms with Crippen LogP contribution < -0.4 is 5.32 Å². The minimum Gasteiger partial charge on any atom is -0.480 e. The Bertz CT molecular complexity index is 535. The molecule has 1 amide bonds. The number of rotatable bonds is 5. The lowest BCUT2D eigenvalue weighted by atomic mass is 10.1. The molecular weight excluding hydrogens is 292 g/mol. The van der Waals surface area contributed by atoms with E-state index in [2.05, 4.69) is 5.32 Å². The predicted molar refractivity (Wildman–Crippen MR) is 80.2 cm³/mol. The number of carboxylic acid groups (broad SMARTS) is 1. The fourth-order valence-electron chi connectivity index (χ4n) is 2.67. The maximum Gasteiger partial charge on any atom is 0.320 e. The Balaban J connectivity index is 1.93. The smallest absolute Gasteiger partial charge is 0.320 e. The number of nitrogens with one attached hydrogen (secondary N) is 1. The lowest BCUT2D eigenvalue weighted by Crippen LogP contribution is -2.43. The van der Waals surface area contributed by atoms with Crippen LogP contribution in [-0.2, 0) is 9.59 Å². The Hall–Kier alpha value is -1.59. The summed E-state index contributed by atoms with van der Waals surface area (Å²) in [6, 6.07) is 6.58. The van der Waals surface area contributed by atoms with Crippen LogP contribution in [0.1, 0.15) is 31.4 Å². The Kier molecular flexibility index (Phi) is 5.20. The van der Waals surface area contributed by atoms with Crippen molar-refractivity contribution in [3.05, 3.63) is 34.9 Å². The zero-order valence-electron chi connectivity index (χ0n) is 11.9. The molecule has 6 heteroatoms. The summed E-state index contributed by atoms with van der Waals surface area (Å²) in [5.41, 5.74) is 0.851. The molecule has 0 unspecified atom stereocenters. The van der Waals surface area contributed by atoms with E-state index in [4.69, 9.17) is 16.7 Å². The number of hydrogen-bond acceptors (Lipinski definition) is 3. The van der Waals surface area contributed by atoms with Crippen molar-refractivity contribution < 1.29 is 14.7 Å². The van der Waals surface area contributed by atoms with Crippen molar-refractivity contribution in [3.63, 3.8) is 0 Å². The molecule has 114 valence electrons. The van der Waals surface area contributed by atoms with Crippen molar-refractivity contribution in [2.24, 2.45) is 0 Å². The molecule has 0 saturated carbocycles. The maximum atomic E-state index is 12.1. The van der Waals surface area contributed by atoms with Crippen LogP contribution in [0.5, 0.6) is 0 Å². The van der Waals surface area contributed by atoms with Gasteiger partial charge < -0.3 is 10.4 Å². The molecule has 1 aliphatic rings. The van der Waals surface area contributed by atoms with Crippen LogP contribution in [0.3, 0.4) is 0 Å². The maximum absolute atomic E-state index is 12.1. The molecule has 0 aromatic heterocycles. The molecule has 21 heavy (non-hydrogen) atoms. The van der Waals surface area contributed by atoms with Crippen molar-refractivity contribution in [1.82, 2.24) is 10.2 Å². The molecule has 2 rings (SSSR count). The molecule has 1 aromatic carbocycles. The van der Waals surface area contributed by atoms with Crippen LogP contribution in [0.4, 0.5) is 0 Å². The molecule has 1 saturated heterocycles. The highest BCUT2D eigenvalue weighted by Crippen LogP contribution is 2.22. The van der Waals surface area contributed by atoms with Gasteiger partial charge in [0.1, 0.15) is 6.04 Å². The number of nitrogens with zero attached hydrogens (tertiary/aromatic N) is 1. The molecule has 2 N–H and O–H groups in total. The quantitative estimate of drug-likeness (QED) is 0.873. The second-order valence-corrected chi connectivity index (χ2v) is 5.68. The standard InChI is InChI=1S/C15H19ClN2O3/c1-10(11-5-2-3-6-12(11)16)17-14(19)9-18-8-4-7-13(18)15(20)21/h2-3,5-6,10,13H,4,7-9H2,1H3,(H,17,19)(H,20,21)/t10-,13-/m0/s1. The molecular formula is C15H19ClN2O3. The van der Waals surface area contributed by atoms with Crippen molar-refractivity contribution >= 4 is 23.5 Å². The van der Waals surface area contributed by atoms with Crippen LogP contribution >= 0.6 is 11.6 Å². The van der Waals surface area contributed by atoms with E-state index in [1.807, 2.05) is 25.1 Å². The first-order valence-corrected chi connectivity index (χ1v) is 7.37. The van der Waals surface area contributed by atoms with Gasteiger partial charge in [0.25, 0.3) is 0 Å². The van der Waals surface area contributed by atoms with E-state index in [1.54, 1.807) is 11.0 Å². The van der Waals surface area contributed by atoms with Crippen molar-refractivity contribution in [2.45, 2.75) is 31.8 Å². The van der Waals surface area contributed by atoms with Gasteiger partial charge in [0.15, 0.2) is 0 Å². The van der Waals surface area contributed by atoms with E-state index < -0.39 is 12.0 Å². The molecule has 2 atom stereocenters. The Morgan fingerprint density at radius 2 is 2.19 bits per heavy atom. The van der Waals surface area contributed by atoms with Crippen LogP contribution in [-0.4, -0.2) is 41.0 Å². The third-order valence-corrected chi connectivity index (χ3v) is 4.09. The highest BCUT2D eigenvalue weighted by molar-refractivity contribution is 6.31. The average molecular weight is 311 g/mol. The summed E-state index contributed by atoms with van der Waals surface area (Å²) in [5, 5.41) is 12.6. The van der Waals surface area contributed by atoms with Crippen LogP contribution in [0, 0.1) is 0 Å². The highest BCUT2D eigenvalue weighted by Gasteiger charge is 2.31. The summed E-state index contributed by atoms with van der Waals surface area (Å²) in [4.78, 5) is 24.9. The number of carboxylic acids is 1. The van der Waals surface area contributed by atoms with Gasteiger partial charge in [0, 0.05) is 5.02 Å². The average Bonchev–Trinajstić information content (AvgIpc) is 2.87. The lowest BCUT2D eigenvalue weighted by molar-refractivity contribution is -0.142. The normalized spacial score (nSPS) is 20.2. The fourth-order valence-corrected chi connectivity index (χ4v) is 2.97. The number of carbonyl (C=O) groups excluding carboxylic acids is 1. The Morgan fingerprint density at radius 1 is 1.48 bits per heavy atom. The minimum atomic E-state index is -0.862. The second-order valence-electron chi connectivity index (χ2n) is 5.28. The van der Waals surface area contributed by atoms with Gasteiger partial charge in [-0.2, -0.15) is 0 Å². The first-order chi connectivity index (χ1) is 9.99. The number of benzene rings is 1. The van der Waals surface area contributed by atoms with E-state index in [1.165, 1.54) is 0 Å². The van der Waals surface area contributed by atoms with E-state index in [-0.39, 0.29) is 18.5 Å². The summed E-state index contributed by atoms with van der Waals surface area (Å²) in [6.07, 6.45) is 1.41. The molecule has 0 radical (unpaired) electrons. The number of likely N-dealkylation sites (tertiary alicyclic amines) is 1. The van der Waals surface area contributed by atoms with Crippen molar-refractivity contribution in [2.75, 3.05) is 13.1 Å². The Morgan fingerprint density at radius 3 is 2.86 bits per heavy atom. The van der Waals surface area contributed by atoms with E-state index in [0.717, 1.165) is 12.0 Å². The monoisotopic (exact) mass is 310 g/mol. The number of aliphatic carboxylic acids is 1. The van der Waals surface area contributed by atoms with Crippen LogP contribution in [0.2, 0.25) is 5.02 Å². The molecule has 1 heterocycles. The van der Waals surface area contributed by atoms with Crippen LogP contribution in [0.15, 0.2) is 24.3 Å². The third kappa shape index (κ3) is 3.95. The van der Waals surface area contributed by atoms with Gasteiger partial charge in [0.05, 0.1) is 12.6 Å². The summed E-state index contributed by atoms with van der Waals surface area (Å²) in [6.45, 7) is 2.61. The number of hydrogen-bond donors (Lipinski definition) is 2. The fraction of sp³-hybridized carbons (Fsp3) is 0.467. The highest BCUT2D eigenvalue weighted by atomic mass is 35.5. The molecule has 0 bridgehead atoms. The summed E-state index contributed by atoms with van der Waals surface area (Å²) >= 11 is 6.10. The SMILES string of the molecule is C[C@H](NC(=O)CN1CCC[C@H]1C(=O)O)c1ccccc1Cl. The van der Waals surface area contributed by atoms with Crippen molar-refractivity contribution in [3.8, 4) is 0 Å². The first kappa shape index (κ1) is 15.8. The first-order valence-electron chi connectivity index (χ1n) is 6.99. The van der Waals surface area contributed by atoms with Crippen molar-refractivity contribution in [1.29, 1.82) is 0 Å². The second kappa shape index (κ2) is 6.91. The number of carbonyl (C=O) groups is 2. The molecule has 5 nitrogen and oxygen atoms in total. The number of amides is 1. The van der Waals surface area contributed by atoms with Gasteiger partial charge in [-0.05, 0) is 37.9 Å². The zero-order chi connectivity index (χ0) is 15.4. The van der Waals surface area contributed by atoms with Gasteiger partial charge in [-0.3, -0.25) is 14.5 Å². The predicted octanol–water partition coefficient (Wildman–Crippen LogP) is 2.07. The zero-order valence-corrected chi connectivity index (χ0v) is 12.6. The lowest BCUT2D eigenvalue weighted by Gasteiger charge is -2.22. The molecule has 0 aliphatic carbocycles. The molecule has 0 spiro atoms. The summed E-state index contributed by atoms with van der Waals surface area (Å²) in [7, 11) is 0. The van der Waals surface area contributed by atoms with Gasteiger partial charge >= 0.3 is 5.97 Å². The summed E-state index contributed by atoms with van der Waals surface area (Å²) < 4.78 is 0. The van der Waals surface area contributed by atoms with Gasteiger partial charge in [0.2, 0.25) is 5.91 Å². The van der Waals surface area contributed by atoms with E-state index in [9.17, 15) is 9.59 Å². The number of halogens is 1. The molecule has 1 aromatic rings. The third-order valence-electron chi connectivity index (χ3n) is 3.74. The minimum absolute atomic E-state index is 0.103. The van der Waals surface area contributed by atoms with Gasteiger partial charge in [-0.25, -0.2) is 0 Å². The van der Waals surface area contributed by atoms with E-state index in [0.29, 0.717) is 18.0 Å². The topological polar surface area (TPSA) is 69.6 Å². The Labute approximate surface area is 128 Å².